The maximum absolute atomic E-state index is 12.4. The number of amides is 1. The zero-order valence-corrected chi connectivity index (χ0v) is 8.81. The van der Waals surface area contributed by atoms with Gasteiger partial charge < -0.3 is 4.90 Å². The summed E-state index contributed by atoms with van der Waals surface area (Å²) in [5.74, 6) is -0.917. The maximum atomic E-state index is 12.4. The smallest absolute Gasteiger partial charge is 0.243 e. The first-order chi connectivity index (χ1) is 6.52. The van der Waals surface area contributed by atoms with Crippen LogP contribution in [0.4, 0.5) is 8.78 Å². The van der Waals surface area contributed by atoms with E-state index in [-0.39, 0.29) is 12.5 Å². The van der Waals surface area contributed by atoms with Gasteiger partial charge >= 0.3 is 0 Å². The number of piperidine rings is 1. The summed E-state index contributed by atoms with van der Waals surface area (Å²) in [6.07, 6.45) is -1.20. The van der Waals surface area contributed by atoms with Gasteiger partial charge in [0.1, 0.15) is 5.38 Å². The second kappa shape index (κ2) is 4.91. The lowest BCUT2D eigenvalue weighted by atomic mass is 9.98. The Kier molecular flexibility index (Phi) is 4.11. The molecule has 1 aliphatic rings. The van der Waals surface area contributed by atoms with Crippen LogP contribution in [0.1, 0.15) is 19.8 Å². The first-order valence-electron chi connectivity index (χ1n) is 4.73. The molecule has 0 aliphatic carbocycles. The van der Waals surface area contributed by atoms with Gasteiger partial charge in [0.2, 0.25) is 12.3 Å². The van der Waals surface area contributed by atoms with Crippen LogP contribution in [0, 0.1) is 5.92 Å². The van der Waals surface area contributed by atoms with Crippen LogP contribution in [0.15, 0.2) is 0 Å². The molecule has 1 amide bonds. The molecule has 14 heavy (non-hydrogen) atoms. The monoisotopic (exact) mass is 225 g/mol. The molecule has 0 radical (unpaired) electrons. The Morgan fingerprint density at radius 3 is 2.71 bits per heavy atom. The third kappa shape index (κ3) is 2.80. The lowest BCUT2D eigenvalue weighted by Gasteiger charge is -2.32. The lowest BCUT2D eigenvalue weighted by molar-refractivity contribution is -0.133. The molecule has 0 aromatic heterocycles. The highest BCUT2D eigenvalue weighted by Crippen LogP contribution is 2.23. The lowest BCUT2D eigenvalue weighted by Crippen LogP contribution is -2.44. The minimum absolute atomic E-state index is 0.146. The van der Waals surface area contributed by atoms with Crippen LogP contribution in [0.2, 0.25) is 0 Å². The van der Waals surface area contributed by atoms with E-state index in [4.69, 9.17) is 11.6 Å². The number of rotatable bonds is 2. The van der Waals surface area contributed by atoms with E-state index in [9.17, 15) is 13.6 Å². The van der Waals surface area contributed by atoms with E-state index in [1.165, 1.54) is 4.90 Å². The Morgan fingerprint density at radius 2 is 2.21 bits per heavy atom. The molecule has 0 N–H and O–H groups in total. The van der Waals surface area contributed by atoms with E-state index in [1.54, 1.807) is 6.92 Å². The van der Waals surface area contributed by atoms with Crippen molar-refractivity contribution in [2.75, 3.05) is 13.1 Å². The number of alkyl halides is 3. The number of carbonyl (C=O) groups is 1. The van der Waals surface area contributed by atoms with Crippen molar-refractivity contribution in [1.29, 1.82) is 0 Å². The number of likely N-dealkylation sites (tertiary alicyclic amines) is 1. The number of carbonyl (C=O) groups excluding carboxylic acids is 1. The second-order valence-electron chi connectivity index (χ2n) is 3.64. The van der Waals surface area contributed by atoms with Crippen molar-refractivity contribution in [1.82, 2.24) is 4.90 Å². The largest absolute Gasteiger partial charge is 0.341 e. The maximum Gasteiger partial charge on any atom is 0.243 e. The van der Waals surface area contributed by atoms with Crippen LogP contribution in [0.25, 0.3) is 0 Å². The first-order valence-corrected chi connectivity index (χ1v) is 5.17. The highest BCUT2D eigenvalue weighted by molar-refractivity contribution is 6.30. The molecular formula is C9H14ClF2NO. The summed E-state index contributed by atoms with van der Waals surface area (Å²) in [5.41, 5.74) is 0. The highest BCUT2D eigenvalue weighted by atomic mass is 35.5. The predicted molar refractivity (Wildman–Crippen MR) is 50.6 cm³/mol. The van der Waals surface area contributed by atoms with Crippen molar-refractivity contribution in [2.45, 2.75) is 31.6 Å². The van der Waals surface area contributed by atoms with Crippen molar-refractivity contribution in [3.05, 3.63) is 0 Å². The van der Waals surface area contributed by atoms with Gasteiger partial charge in [-0.2, -0.15) is 0 Å². The van der Waals surface area contributed by atoms with E-state index < -0.39 is 17.7 Å². The van der Waals surface area contributed by atoms with Crippen LogP contribution >= 0.6 is 11.6 Å². The van der Waals surface area contributed by atoms with Crippen LogP contribution < -0.4 is 0 Å². The highest BCUT2D eigenvalue weighted by Gasteiger charge is 2.30. The van der Waals surface area contributed by atoms with Gasteiger partial charge in [-0.15, -0.1) is 11.6 Å². The summed E-state index contributed by atoms with van der Waals surface area (Å²) in [6, 6.07) is 0. The Hall–Kier alpha value is -0.380. The molecule has 5 heteroatoms. The third-order valence-electron chi connectivity index (χ3n) is 2.47. The fourth-order valence-electron chi connectivity index (χ4n) is 1.67. The molecule has 82 valence electrons. The molecule has 1 heterocycles. The minimum Gasteiger partial charge on any atom is -0.341 e. The van der Waals surface area contributed by atoms with Gasteiger partial charge in [-0.25, -0.2) is 8.78 Å². The molecule has 0 aromatic carbocycles. The fraction of sp³-hybridized carbons (Fsp3) is 0.889. The van der Waals surface area contributed by atoms with Crippen molar-refractivity contribution in [2.24, 2.45) is 5.92 Å². The predicted octanol–water partition coefficient (Wildman–Crippen LogP) is 2.12. The Labute approximate surface area is 87.2 Å². The van der Waals surface area contributed by atoms with Crippen LogP contribution in [-0.4, -0.2) is 35.7 Å². The SMILES string of the molecule is C[C@H](Cl)C(=O)N1CCC[C@H](C(F)F)C1. The minimum atomic E-state index is -2.34. The molecule has 2 nitrogen and oxygen atoms in total. The van der Waals surface area contributed by atoms with Gasteiger partial charge in [0.05, 0.1) is 0 Å². The Balaban J connectivity index is 2.51. The van der Waals surface area contributed by atoms with Crippen molar-refractivity contribution < 1.29 is 13.6 Å². The molecule has 1 saturated heterocycles. The molecule has 0 unspecified atom stereocenters. The number of hydrogen-bond donors (Lipinski definition) is 0. The first kappa shape index (κ1) is 11.7. The summed E-state index contributed by atoms with van der Waals surface area (Å²) in [7, 11) is 0. The van der Waals surface area contributed by atoms with Crippen LogP contribution in [0.5, 0.6) is 0 Å². The van der Waals surface area contributed by atoms with Gasteiger partial charge in [0.15, 0.2) is 0 Å². The molecule has 0 saturated carbocycles. The molecule has 0 aromatic rings. The van der Waals surface area contributed by atoms with E-state index in [2.05, 4.69) is 0 Å². The topological polar surface area (TPSA) is 20.3 Å². The molecular weight excluding hydrogens is 212 g/mol. The van der Waals surface area contributed by atoms with Crippen LogP contribution in [-0.2, 0) is 4.79 Å². The van der Waals surface area contributed by atoms with E-state index in [1.807, 2.05) is 0 Å². The molecule has 0 spiro atoms. The summed E-state index contributed by atoms with van der Waals surface area (Å²) in [5, 5.41) is -0.619. The van der Waals surface area contributed by atoms with Gasteiger partial charge in [0.25, 0.3) is 0 Å². The third-order valence-corrected chi connectivity index (χ3v) is 2.65. The number of hydrogen-bond acceptors (Lipinski definition) is 1. The number of halogens is 3. The molecule has 0 bridgehead atoms. The molecule has 1 aliphatic heterocycles. The Morgan fingerprint density at radius 1 is 1.57 bits per heavy atom. The van der Waals surface area contributed by atoms with E-state index >= 15 is 0 Å². The summed E-state index contributed by atoms with van der Waals surface area (Å²) in [4.78, 5) is 12.9. The van der Waals surface area contributed by atoms with E-state index in [0.717, 1.165) is 0 Å². The average Bonchev–Trinajstić information content (AvgIpc) is 2.16. The summed E-state index contributed by atoms with van der Waals surface area (Å²) < 4.78 is 24.8. The molecule has 2 atom stereocenters. The Bertz CT molecular complexity index is 211. The standard InChI is InChI=1S/C9H14ClF2NO/c1-6(10)9(14)13-4-2-3-7(5-13)8(11)12/h6-8H,2-5H2,1H3/t6-,7-/m0/s1. The van der Waals surface area contributed by atoms with Crippen molar-refractivity contribution >= 4 is 17.5 Å². The van der Waals surface area contributed by atoms with Gasteiger partial charge in [-0.3, -0.25) is 4.79 Å². The normalized spacial score (nSPS) is 25.2. The van der Waals surface area contributed by atoms with Gasteiger partial charge in [0, 0.05) is 19.0 Å². The zero-order chi connectivity index (χ0) is 10.7. The van der Waals surface area contributed by atoms with E-state index in [0.29, 0.717) is 19.4 Å². The fourth-order valence-corrected chi connectivity index (χ4v) is 1.81. The van der Waals surface area contributed by atoms with Crippen molar-refractivity contribution in [3.63, 3.8) is 0 Å². The molecule has 1 rings (SSSR count). The summed E-state index contributed by atoms with van der Waals surface area (Å²) >= 11 is 5.61. The van der Waals surface area contributed by atoms with Crippen molar-refractivity contribution in [3.8, 4) is 0 Å². The van der Waals surface area contributed by atoms with Crippen LogP contribution in [0.3, 0.4) is 0 Å². The second-order valence-corrected chi connectivity index (χ2v) is 4.29. The average molecular weight is 226 g/mol. The van der Waals surface area contributed by atoms with Gasteiger partial charge in [-0.05, 0) is 19.8 Å². The number of nitrogens with zero attached hydrogens (tertiary/aromatic N) is 1. The molecule has 1 fully saturated rings. The van der Waals surface area contributed by atoms with Gasteiger partial charge in [-0.1, -0.05) is 0 Å². The quantitative estimate of drug-likeness (QED) is 0.660. The zero-order valence-electron chi connectivity index (χ0n) is 8.05. The summed E-state index contributed by atoms with van der Waals surface area (Å²) in [6.45, 7) is 2.27.